The van der Waals surface area contributed by atoms with Crippen LogP contribution in [0.4, 0.5) is 11.4 Å². The number of nitrogens with one attached hydrogen (secondary N) is 1. The fourth-order valence-corrected chi connectivity index (χ4v) is 4.37. The Morgan fingerprint density at radius 3 is 2.50 bits per heavy atom. The first kappa shape index (κ1) is 20.2. The predicted octanol–water partition coefficient (Wildman–Crippen LogP) is 5.42. The fraction of sp³-hybridized carbons (Fsp3) is 0.130. The minimum absolute atomic E-state index is 0.233. The maximum absolute atomic E-state index is 13.5. The van der Waals surface area contributed by atoms with Gasteiger partial charge in [0.15, 0.2) is 0 Å². The third-order valence-corrected chi connectivity index (χ3v) is 6.00. The van der Waals surface area contributed by atoms with Gasteiger partial charge < -0.3 is 10.1 Å². The molecule has 1 aliphatic rings. The summed E-state index contributed by atoms with van der Waals surface area (Å²) in [6.45, 7) is 3.96. The molecule has 0 saturated heterocycles. The molecule has 0 aliphatic carbocycles. The van der Waals surface area contributed by atoms with Crippen LogP contribution in [0.5, 0.6) is 5.75 Å². The zero-order valence-corrected chi connectivity index (χ0v) is 18.2. The molecule has 7 heteroatoms. The van der Waals surface area contributed by atoms with Gasteiger partial charge in [0.1, 0.15) is 11.4 Å². The molecule has 30 heavy (non-hydrogen) atoms. The van der Waals surface area contributed by atoms with Crippen molar-refractivity contribution in [3.63, 3.8) is 0 Å². The summed E-state index contributed by atoms with van der Waals surface area (Å²) in [7, 11) is 1.49. The summed E-state index contributed by atoms with van der Waals surface area (Å²) in [6.07, 6.45) is 0. The van der Waals surface area contributed by atoms with E-state index in [0.29, 0.717) is 26.9 Å². The van der Waals surface area contributed by atoms with Gasteiger partial charge in [-0.2, -0.15) is 0 Å². The molecule has 1 N–H and O–H groups in total. The molecule has 1 aliphatic heterocycles. The number of hydrogen-bond acceptors (Lipinski definition) is 5. The summed E-state index contributed by atoms with van der Waals surface area (Å²) in [6, 6.07) is 14.4. The average molecular weight is 439 g/mol. The van der Waals surface area contributed by atoms with E-state index < -0.39 is 11.8 Å². The number of halogens is 1. The Hall–Kier alpha value is -3.09. The summed E-state index contributed by atoms with van der Waals surface area (Å²) >= 11 is 7.56. The van der Waals surface area contributed by atoms with Crippen molar-refractivity contribution in [2.75, 3.05) is 17.3 Å². The highest BCUT2D eigenvalue weighted by Crippen LogP contribution is 2.40. The molecule has 0 bridgehead atoms. The summed E-state index contributed by atoms with van der Waals surface area (Å²) in [4.78, 5) is 28.8. The second kappa shape index (κ2) is 7.97. The van der Waals surface area contributed by atoms with Crippen LogP contribution in [-0.4, -0.2) is 18.9 Å². The number of carbonyl (C=O) groups is 2. The lowest BCUT2D eigenvalue weighted by Crippen LogP contribution is -2.32. The number of anilines is 2. The molecule has 4 rings (SSSR count). The largest absolute Gasteiger partial charge is 0.495 e. The third kappa shape index (κ3) is 3.49. The molecule has 0 atom stereocenters. The molecular weight excluding hydrogens is 420 g/mol. The van der Waals surface area contributed by atoms with Crippen LogP contribution < -0.4 is 15.0 Å². The highest BCUT2D eigenvalue weighted by molar-refractivity contribution is 7.11. The van der Waals surface area contributed by atoms with E-state index in [4.69, 9.17) is 16.3 Å². The number of nitrogens with zero attached hydrogens (tertiary/aromatic N) is 1. The summed E-state index contributed by atoms with van der Waals surface area (Å²) in [5.41, 5.74) is 3.74. The van der Waals surface area contributed by atoms with Gasteiger partial charge in [0.05, 0.1) is 18.4 Å². The highest BCUT2D eigenvalue weighted by Gasteiger charge is 2.42. The number of imide groups is 1. The smallest absolute Gasteiger partial charge is 0.282 e. The number of thiophene rings is 1. The molecule has 2 heterocycles. The van der Waals surface area contributed by atoms with Gasteiger partial charge in [-0.05, 0) is 55.1 Å². The van der Waals surface area contributed by atoms with E-state index in [1.165, 1.54) is 18.4 Å². The molecule has 0 fully saturated rings. The van der Waals surface area contributed by atoms with Crippen LogP contribution in [0.3, 0.4) is 0 Å². The van der Waals surface area contributed by atoms with Gasteiger partial charge in [0, 0.05) is 15.6 Å². The minimum atomic E-state index is -0.455. The Labute approximate surface area is 183 Å². The highest BCUT2D eigenvalue weighted by atomic mass is 35.5. The van der Waals surface area contributed by atoms with Crippen molar-refractivity contribution in [1.82, 2.24) is 0 Å². The van der Waals surface area contributed by atoms with E-state index >= 15 is 0 Å². The van der Waals surface area contributed by atoms with E-state index in [0.717, 1.165) is 21.7 Å². The van der Waals surface area contributed by atoms with Gasteiger partial charge in [0.2, 0.25) is 0 Å². The third-order valence-electron chi connectivity index (χ3n) is 4.87. The molecule has 0 saturated carbocycles. The van der Waals surface area contributed by atoms with Crippen molar-refractivity contribution >= 4 is 51.7 Å². The maximum Gasteiger partial charge on any atom is 0.282 e. The van der Waals surface area contributed by atoms with Gasteiger partial charge in [-0.1, -0.05) is 35.4 Å². The van der Waals surface area contributed by atoms with Crippen LogP contribution in [0.15, 0.2) is 59.6 Å². The second-order valence-corrected chi connectivity index (χ2v) is 8.32. The van der Waals surface area contributed by atoms with Crippen LogP contribution in [0.25, 0.3) is 5.57 Å². The number of benzene rings is 2. The van der Waals surface area contributed by atoms with E-state index in [9.17, 15) is 9.59 Å². The van der Waals surface area contributed by atoms with Gasteiger partial charge in [-0.15, -0.1) is 11.3 Å². The van der Waals surface area contributed by atoms with E-state index in [1.807, 2.05) is 49.6 Å². The Balaban J connectivity index is 1.84. The lowest BCUT2D eigenvalue weighted by molar-refractivity contribution is -0.120. The molecule has 0 spiro atoms. The van der Waals surface area contributed by atoms with Gasteiger partial charge in [-0.3, -0.25) is 9.59 Å². The van der Waals surface area contributed by atoms with E-state index in [-0.39, 0.29) is 5.70 Å². The van der Waals surface area contributed by atoms with Crippen molar-refractivity contribution in [3.8, 4) is 5.75 Å². The van der Waals surface area contributed by atoms with Crippen LogP contribution in [-0.2, 0) is 9.59 Å². The van der Waals surface area contributed by atoms with Crippen molar-refractivity contribution in [1.29, 1.82) is 0 Å². The van der Waals surface area contributed by atoms with E-state index in [2.05, 4.69) is 5.32 Å². The molecule has 3 aromatic rings. The second-order valence-electron chi connectivity index (χ2n) is 6.93. The number of methoxy groups -OCH3 is 1. The maximum atomic E-state index is 13.5. The van der Waals surface area contributed by atoms with E-state index in [1.54, 1.807) is 18.2 Å². The van der Waals surface area contributed by atoms with Crippen LogP contribution >= 0.6 is 22.9 Å². The normalized spacial score (nSPS) is 13.9. The Kier molecular flexibility index (Phi) is 5.37. The first-order valence-corrected chi connectivity index (χ1v) is 10.5. The van der Waals surface area contributed by atoms with Crippen molar-refractivity contribution in [3.05, 3.63) is 80.6 Å². The molecule has 152 valence electrons. The molecule has 0 radical (unpaired) electrons. The molecule has 1 aromatic heterocycles. The van der Waals surface area contributed by atoms with Crippen molar-refractivity contribution in [2.24, 2.45) is 0 Å². The number of amides is 2. The quantitative estimate of drug-likeness (QED) is 0.540. The fourth-order valence-electron chi connectivity index (χ4n) is 3.44. The number of carbonyl (C=O) groups excluding carboxylic acids is 2. The van der Waals surface area contributed by atoms with Crippen LogP contribution in [0.1, 0.15) is 16.0 Å². The number of aryl methyl sites for hydroxylation is 2. The van der Waals surface area contributed by atoms with Gasteiger partial charge >= 0.3 is 0 Å². The summed E-state index contributed by atoms with van der Waals surface area (Å²) < 4.78 is 5.38. The molecule has 2 amide bonds. The number of hydrogen-bond donors (Lipinski definition) is 1. The standard InChI is InChI=1S/C23H19ClN2O3S/c1-13-6-8-16(14(2)11-13)25-21-20(19-5-4-10-30-19)22(27)26(23(21)28)17-12-15(24)7-9-18(17)29-3/h4-12,25H,1-3H3. The summed E-state index contributed by atoms with van der Waals surface area (Å²) in [5, 5.41) is 5.48. The summed E-state index contributed by atoms with van der Waals surface area (Å²) in [5.74, 6) is -0.487. The van der Waals surface area contributed by atoms with Crippen LogP contribution in [0.2, 0.25) is 5.02 Å². The molecule has 5 nitrogen and oxygen atoms in total. The lowest BCUT2D eigenvalue weighted by Gasteiger charge is -2.19. The first-order valence-electron chi connectivity index (χ1n) is 9.25. The zero-order valence-electron chi connectivity index (χ0n) is 16.7. The van der Waals surface area contributed by atoms with Crippen LogP contribution in [0, 0.1) is 13.8 Å². The molecule has 0 unspecified atom stereocenters. The monoisotopic (exact) mass is 438 g/mol. The lowest BCUT2D eigenvalue weighted by atomic mass is 10.1. The Morgan fingerprint density at radius 2 is 1.83 bits per heavy atom. The van der Waals surface area contributed by atoms with Crippen molar-refractivity contribution in [2.45, 2.75) is 13.8 Å². The SMILES string of the molecule is COc1ccc(Cl)cc1N1C(=O)C(Nc2ccc(C)cc2C)=C(c2cccs2)C1=O. The van der Waals surface area contributed by atoms with Gasteiger partial charge in [0.25, 0.3) is 11.8 Å². The number of rotatable bonds is 5. The van der Waals surface area contributed by atoms with Gasteiger partial charge in [-0.25, -0.2) is 4.90 Å². The molecular formula is C23H19ClN2O3S. The zero-order chi connectivity index (χ0) is 21.4. The number of ether oxygens (including phenoxy) is 1. The Bertz CT molecular complexity index is 1190. The minimum Gasteiger partial charge on any atom is -0.495 e. The topological polar surface area (TPSA) is 58.6 Å². The predicted molar refractivity (Wildman–Crippen MR) is 121 cm³/mol. The van der Waals surface area contributed by atoms with Crippen molar-refractivity contribution < 1.29 is 14.3 Å². The first-order chi connectivity index (χ1) is 14.4. The Morgan fingerprint density at radius 1 is 1.03 bits per heavy atom. The molecule has 2 aromatic carbocycles. The average Bonchev–Trinajstić information content (AvgIpc) is 3.31.